The van der Waals surface area contributed by atoms with Crippen molar-refractivity contribution in [2.75, 3.05) is 11.9 Å². The number of H-pyrrole nitrogens is 1. The Morgan fingerprint density at radius 3 is 2.74 bits per heavy atom. The summed E-state index contributed by atoms with van der Waals surface area (Å²) in [5, 5.41) is 12.0. The minimum atomic E-state index is -4.63. The molecule has 2 N–H and O–H groups in total. The Kier molecular flexibility index (Phi) is 4.53. The summed E-state index contributed by atoms with van der Waals surface area (Å²) in [7, 11) is 0. The summed E-state index contributed by atoms with van der Waals surface area (Å²) in [5.74, 6) is -0.498. The maximum atomic E-state index is 14.6. The Bertz CT molecular complexity index is 1730. The number of nitrogens with one attached hydrogen (secondary N) is 2. The summed E-state index contributed by atoms with van der Waals surface area (Å²) in [6.07, 6.45) is 2.99. The molecule has 0 saturated heterocycles. The number of alkyl halides is 3. The lowest BCUT2D eigenvalue weighted by molar-refractivity contribution is -0.141. The maximum Gasteiger partial charge on any atom is 0.435 e. The molecule has 0 unspecified atom stereocenters. The highest BCUT2D eigenvalue weighted by Gasteiger charge is 2.34. The molecular formula is C23H16F4N8. The van der Waals surface area contributed by atoms with Crippen molar-refractivity contribution < 1.29 is 17.6 Å². The molecule has 0 fully saturated rings. The first-order valence-corrected chi connectivity index (χ1v) is 10.6. The monoisotopic (exact) mass is 480 g/mol. The number of pyridine rings is 1. The predicted octanol–water partition coefficient (Wildman–Crippen LogP) is 5.20. The fourth-order valence-corrected chi connectivity index (χ4v) is 4.24. The molecule has 0 aliphatic rings. The van der Waals surface area contributed by atoms with E-state index in [1.54, 1.807) is 29.2 Å². The van der Waals surface area contributed by atoms with E-state index in [0.29, 0.717) is 56.6 Å². The van der Waals surface area contributed by atoms with Crippen molar-refractivity contribution in [1.29, 1.82) is 0 Å². The van der Waals surface area contributed by atoms with Crippen molar-refractivity contribution in [3.63, 3.8) is 0 Å². The van der Waals surface area contributed by atoms with Gasteiger partial charge in [0.25, 0.3) is 0 Å². The lowest BCUT2D eigenvalue weighted by Gasteiger charge is -2.12. The SMILES string of the molecule is CCNc1cc(F)cc2c1[nH]c1ncc(-c3cnc4ccnn4c3)c(-n3ccc(C(F)(F)F)n3)c12. The van der Waals surface area contributed by atoms with Gasteiger partial charge in [-0.2, -0.15) is 23.4 Å². The second kappa shape index (κ2) is 7.52. The largest absolute Gasteiger partial charge is 0.435 e. The van der Waals surface area contributed by atoms with E-state index in [-0.39, 0.29) is 0 Å². The minimum absolute atomic E-state index is 0.304. The van der Waals surface area contributed by atoms with Crippen LogP contribution in [0.1, 0.15) is 12.6 Å². The lowest BCUT2D eigenvalue weighted by atomic mass is 10.0. The Morgan fingerprint density at radius 2 is 1.97 bits per heavy atom. The standard InChI is InChI=1S/C23H16F4N8/c1-2-28-16-8-13(24)7-14-19-21(34-6-4-17(33-34)23(25,26)27)15(10-30-22(19)32-20(14)16)12-9-29-18-3-5-31-35(18)11-12/h3-11,28H,2H2,1H3,(H,30,32). The third-order valence-electron chi connectivity index (χ3n) is 5.70. The summed E-state index contributed by atoms with van der Waals surface area (Å²) in [6.45, 7) is 2.42. The number of halogens is 4. The molecule has 1 aromatic carbocycles. The van der Waals surface area contributed by atoms with E-state index in [2.05, 4.69) is 30.5 Å². The Morgan fingerprint density at radius 1 is 1.11 bits per heavy atom. The van der Waals surface area contributed by atoms with Gasteiger partial charge in [-0.3, -0.25) is 0 Å². The third-order valence-corrected chi connectivity index (χ3v) is 5.70. The Balaban J connectivity index is 1.72. The molecule has 0 bridgehead atoms. The number of hydrogen-bond donors (Lipinski definition) is 2. The minimum Gasteiger partial charge on any atom is -0.384 e. The first kappa shape index (κ1) is 21.1. The molecule has 6 aromatic rings. The zero-order valence-corrected chi connectivity index (χ0v) is 18.1. The van der Waals surface area contributed by atoms with Crippen LogP contribution in [0.15, 0.2) is 55.2 Å². The van der Waals surface area contributed by atoms with Gasteiger partial charge in [0.05, 0.1) is 28.5 Å². The van der Waals surface area contributed by atoms with Gasteiger partial charge in [-0.25, -0.2) is 23.6 Å². The second-order valence-corrected chi connectivity index (χ2v) is 7.90. The molecule has 35 heavy (non-hydrogen) atoms. The first-order chi connectivity index (χ1) is 16.8. The van der Waals surface area contributed by atoms with E-state index in [1.807, 2.05) is 6.92 Å². The normalized spacial score (nSPS) is 12.3. The molecule has 5 heterocycles. The first-order valence-electron chi connectivity index (χ1n) is 10.6. The Hall–Kier alpha value is -4.48. The van der Waals surface area contributed by atoms with Crippen LogP contribution in [-0.4, -0.2) is 40.9 Å². The number of aromatic nitrogens is 7. The van der Waals surface area contributed by atoms with Crippen LogP contribution in [0.4, 0.5) is 23.2 Å². The van der Waals surface area contributed by atoms with E-state index in [4.69, 9.17) is 0 Å². The maximum absolute atomic E-state index is 14.6. The van der Waals surface area contributed by atoms with Gasteiger partial charge >= 0.3 is 6.18 Å². The van der Waals surface area contributed by atoms with Gasteiger partial charge in [0.15, 0.2) is 11.3 Å². The fraction of sp³-hybridized carbons (Fsp3) is 0.130. The van der Waals surface area contributed by atoms with Crippen molar-refractivity contribution >= 4 is 33.3 Å². The van der Waals surface area contributed by atoms with Crippen molar-refractivity contribution in [3.8, 4) is 16.8 Å². The molecule has 8 nitrogen and oxygen atoms in total. The zero-order valence-electron chi connectivity index (χ0n) is 18.1. The van der Waals surface area contributed by atoms with Gasteiger partial charge in [0.2, 0.25) is 0 Å². The van der Waals surface area contributed by atoms with Crippen LogP contribution < -0.4 is 5.32 Å². The van der Waals surface area contributed by atoms with Crippen LogP contribution in [0.2, 0.25) is 0 Å². The van der Waals surface area contributed by atoms with Gasteiger partial charge in [0.1, 0.15) is 11.5 Å². The number of fused-ring (bicyclic) bond motifs is 4. The molecule has 6 rings (SSSR count). The molecule has 12 heteroatoms. The van der Waals surface area contributed by atoms with Crippen molar-refractivity contribution in [3.05, 3.63) is 66.8 Å². The van der Waals surface area contributed by atoms with Gasteiger partial charge < -0.3 is 10.3 Å². The van der Waals surface area contributed by atoms with Gasteiger partial charge in [0, 0.05) is 53.9 Å². The molecule has 0 amide bonds. The average molecular weight is 480 g/mol. The number of hydrogen-bond acceptors (Lipinski definition) is 5. The van der Waals surface area contributed by atoms with E-state index in [0.717, 1.165) is 10.7 Å². The van der Waals surface area contributed by atoms with Crippen molar-refractivity contribution in [2.24, 2.45) is 0 Å². The number of benzene rings is 1. The van der Waals surface area contributed by atoms with Crippen LogP contribution in [0.3, 0.4) is 0 Å². The number of aromatic amines is 1. The quantitative estimate of drug-likeness (QED) is 0.339. The zero-order chi connectivity index (χ0) is 24.3. The van der Waals surface area contributed by atoms with Crippen molar-refractivity contribution in [1.82, 2.24) is 34.3 Å². The summed E-state index contributed by atoms with van der Waals surface area (Å²) < 4.78 is 57.5. The van der Waals surface area contributed by atoms with Crippen molar-refractivity contribution in [2.45, 2.75) is 13.1 Å². The molecule has 0 radical (unpaired) electrons. The molecule has 0 atom stereocenters. The van der Waals surface area contributed by atoms with E-state index < -0.39 is 17.7 Å². The van der Waals surface area contributed by atoms with Crippen LogP contribution in [0, 0.1) is 5.82 Å². The Labute approximate surface area is 194 Å². The smallest absolute Gasteiger partial charge is 0.384 e. The van der Waals surface area contributed by atoms with Crippen LogP contribution >= 0.6 is 0 Å². The highest BCUT2D eigenvalue weighted by atomic mass is 19.4. The molecule has 0 aliphatic carbocycles. The highest BCUT2D eigenvalue weighted by molar-refractivity contribution is 6.15. The molecule has 176 valence electrons. The molecule has 0 spiro atoms. The van der Waals surface area contributed by atoms with Gasteiger partial charge in [-0.05, 0) is 25.1 Å². The predicted molar refractivity (Wildman–Crippen MR) is 122 cm³/mol. The number of nitrogens with zero attached hydrogens (tertiary/aromatic N) is 6. The average Bonchev–Trinajstić information content (AvgIpc) is 3.56. The summed E-state index contributed by atoms with van der Waals surface area (Å²) in [4.78, 5) is 12.0. The summed E-state index contributed by atoms with van der Waals surface area (Å²) in [5.41, 5.74) is 2.34. The second-order valence-electron chi connectivity index (χ2n) is 7.90. The van der Waals surface area contributed by atoms with E-state index in [1.165, 1.54) is 24.5 Å². The van der Waals surface area contributed by atoms with Crippen LogP contribution in [0.5, 0.6) is 0 Å². The highest BCUT2D eigenvalue weighted by Crippen LogP contribution is 2.39. The topological polar surface area (TPSA) is 88.7 Å². The fourth-order valence-electron chi connectivity index (χ4n) is 4.24. The van der Waals surface area contributed by atoms with Crippen LogP contribution in [0.25, 0.3) is 44.4 Å². The molecule has 5 aromatic heterocycles. The molecule has 0 saturated carbocycles. The molecule has 0 aliphatic heterocycles. The van der Waals surface area contributed by atoms with Gasteiger partial charge in [-0.15, -0.1) is 0 Å². The summed E-state index contributed by atoms with van der Waals surface area (Å²) >= 11 is 0. The number of anilines is 1. The van der Waals surface area contributed by atoms with E-state index in [9.17, 15) is 17.6 Å². The van der Waals surface area contributed by atoms with Gasteiger partial charge in [-0.1, -0.05) is 0 Å². The third kappa shape index (κ3) is 3.36. The van der Waals surface area contributed by atoms with Crippen LogP contribution in [-0.2, 0) is 6.18 Å². The van der Waals surface area contributed by atoms with E-state index >= 15 is 0 Å². The molecular weight excluding hydrogens is 464 g/mol. The summed E-state index contributed by atoms with van der Waals surface area (Å²) in [6, 6.07) is 5.30. The lowest BCUT2D eigenvalue weighted by Crippen LogP contribution is -2.08. The number of rotatable bonds is 4.